The van der Waals surface area contributed by atoms with Crippen LogP contribution in [0.4, 0.5) is 0 Å². The fourth-order valence-corrected chi connectivity index (χ4v) is 6.62. The first-order valence-corrected chi connectivity index (χ1v) is 15.0. The minimum Gasteiger partial charge on any atom is -0.466 e. The molecule has 10 heteroatoms. The standard InChI is InChI=1S/C28H38ClN3O5S/c1-4-31(5-2)26(24-12-7-8-13-25(24)29)19-30-20-27(33)22-10-9-11-23(18-22)38(35,36)32-16-14-21(15-17-32)28(34)37-6-3/h7-13,18,21,26,30H,4-6,14-17,19-20H2,1-3H3. The minimum atomic E-state index is -3.78. The first-order chi connectivity index (χ1) is 18.2. The number of nitrogens with zero attached hydrogens (tertiary/aromatic N) is 2. The second-order valence-corrected chi connectivity index (χ2v) is 11.6. The largest absolute Gasteiger partial charge is 0.466 e. The highest BCUT2D eigenvalue weighted by molar-refractivity contribution is 7.89. The van der Waals surface area contributed by atoms with E-state index in [0.29, 0.717) is 36.6 Å². The summed E-state index contributed by atoms with van der Waals surface area (Å²) in [7, 11) is -3.78. The molecule has 2 aromatic carbocycles. The molecule has 1 unspecified atom stereocenters. The minimum absolute atomic E-state index is 0.00394. The highest BCUT2D eigenvalue weighted by atomic mass is 35.5. The van der Waals surface area contributed by atoms with Gasteiger partial charge in [-0.3, -0.25) is 14.5 Å². The van der Waals surface area contributed by atoms with Gasteiger partial charge in [-0.25, -0.2) is 8.42 Å². The van der Waals surface area contributed by atoms with Gasteiger partial charge in [0.15, 0.2) is 5.78 Å². The van der Waals surface area contributed by atoms with Crippen LogP contribution in [0.25, 0.3) is 0 Å². The smallest absolute Gasteiger partial charge is 0.309 e. The fourth-order valence-electron chi connectivity index (χ4n) is 4.84. The number of piperidine rings is 1. The van der Waals surface area contributed by atoms with Gasteiger partial charge in [-0.15, -0.1) is 0 Å². The third-order valence-electron chi connectivity index (χ3n) is 7.01. The molecule has 0 spiro atoms. The SMILES string of the molecule is CCOC(=O)C1CCN(S(=O)(=O)c2cccc(C(=O)CNCC(c3ccccc3Cl)N(CC)CC)c2)CC1. The van der Waals surface area contributed by atoms with Crippen molar-refractivity contribution in [3.63, 3.8) is 0 Å². The van der Waals surface area contributed by atoms with E-state index in [-0.39, 0.29) is 48.2 Å². The fraction of sp³-hybridized carbons (Fsp3) is 0.500. The maximum atomic E-state index is 13.3. The van der Waals surface area contributed by atoms with Crippen molar-refractivity contribution in [2.75, 3.05) is 45.9 Å². The third kappa shape index (κ3) is 7.42. The number of carbonyl (C=O) groups is 2. The van der Waals surface area contributed by atoms with Crippen LogP contribution < -0.4 is 5.32 Å². The average Bonchev–Trinajstić information content (AvgIpc) is 2.93. The van der Waals surface area contributed by atoms with Gasteiger partial charge in [0.2, 0.25) is 10.0 Å². The van der Waals surface area contributed by atoms with Crippen molar-refractivity contribution in [3.05, 3.63) is 64.7 Å². The molecule has 1 N–H and O–H groups in total. The Kier molecular flexibility index (Phi) is 11.3. The molecule has 0 aliphatic carbocycles. The number of ketones is 1. The molecule has 1 atom stereocenters. The Balaban J connectivity index is 1.65. The lowest BCUT2D eigenvalue weighted by Crippen LogP contribution is -2.40. The number of benzene rings is 2. The predicted molar refractivity (Wildman–Crippen MR) is 149 cm³/mol. The van der Waals surface area contributed by atoms with Gasteiger partial charge in [0.25, 0.3) is 0 Å². The number of carbonyl (C=O) groups excluding carboxylic acids is 2. The molecule has 2 aromatic rings. The summed E-state index contributed by atoms with van der Waals surface area (Å²) >= 11 is 6.47. The van der Waals surface area contributed by atoms with E-state index in [2.05, 4.69) is 24.1 Å². The van der Waals surface area contributed by atoms with Crippen LogP contribution in [-0.4, -0.2) is 75.3 Å². The second kappa shape index (κ2) is 14.2. The van der Waals surface area contributed by atoms with Gasteiger partial charge in [0, 0.05) is 36.3 Å². The number of halogens is 1. The Morgan fingerprint density at radius 1 is 1.08 bits per heavy atom. The zero-order valence-corrected chi connectivity index (χ0v) is 23.9. The summed E-state index contributed by atoms with van der Waals surface area (Å²) in [5.41, 5.74) is 1.33. The van der Waals surface area contributed by atoms with Crippen molar-refractivity contribution < 1.29 is 22.7 Å². The Bertz CT molecular complexity index is 1190. The summed E-state index contributed by atoms with van der Waals surface area (Å²) < 4.78 is 33.0. The van der Waals surface area contributed by atoms with Crippen LogP contribution in [0.1, 0.15) is 55.6 Å². The van der Waals surface area contributed by atoms with Crippen LogP contribution in [0.3, 0.4) is 0 Å². The zero-order chi connectivity index (χ0) is 27.7. The number of likely N-dealkylation sites (N-methyl/N-ethyl adjacent to an activating group) is 1. The molecule has 0 aromatic heterocycles. The van der Waals surface area contributed by atoms with Crippen molar-refractivity contribution in [1.29, 1.82) is 0 Å². The van der Waals surface area contributed by atoms with Crippen molar-refractivity contribution in [2.24, 2.45) is 5.92 Å². The molecule has 1 heterocycles. The lowest BCUT2D eigenvalue weighted by Gasteiger charge is -2.31. The molecule has 38 heavy (non-hydrogen) atoms. The normalized spacial score (nSPS) is 15.9. The van der Waals surface area contributed by atoms with E-state index >= 15 is 0 Å². The summed E-state index contributed by atoms with van der Waals surface area (Å²) in [6.07, 6.45) is 0.833. The third-order valence-corrected chi connectivity index (χ3v) is 9.25. The Hall–Kier alpha value is -2.30. The second-order valence-electron chi connectivity index (χ2n) is 9.27. The lowest BCUT2D eigenvalue weighted by molar-refractivity contribution is -0.149. The van der Waals surface area contributed by atoms with Crippen molar-refractivity contribution in [3.8, 4) is 0 Å². The van der Waals surface area contributed by atoms with Crippen molar-refractivity contribution in [1.82, 2.24) is 14.5 Å². The monoisotopic (exact) mass is 563 g/mol. The van der Waals surface area contributed by atoms with Crippen LogP contribution in [0.15, 0.2) is 53.4 Å². The summed E-state index contributed by atoms with van der Waals surface area (Å²) in [6.45, 7) is 8.96. The lowest BCUT2D eigenvalue weighted by atomic mass is 9.98. The van der Waals surface area contributed by atoms with Gasteiger partial charge in [-0.1, -0.05) is 55.8 Å². The summed E-state index contributed by atoms with van der Waals surface area (Å²) in [6, 6.07) is 13.9. The van der Waals surface area contributed by atoms with Gasteiger partial charge in [0.05, 0.1) is 24.0 Å². The number of hydrogen-bond acceptors (Lipinski definition) is 7. The number of nitrogens with one attached hydrogen (secondary N) is 1. The number of ether oxygens (including phenoxy) is 1. The number of hydrogen-bond donors (Lipinski definition) is 1. The molecule has 0 saturated carbocycles. The maximum Gasteiger partial charge on any atom is 0.309 e. The average molecular weight is 564 g/mol. The van der Waals surface area contributed by atoms with E-state index in [1.54, 1.807) is 19.1 Å². The molecule has 1 aliphatic rings. The first kappa shape index (κ1) is 30.2. The zero-order valence-electron chi connectivity index (χ0n) is 22.4. The molecular formula is C28H38ClN3O5S. The highest BCUT2D eigenvalue weighted by Crippen LogP contribution is 2.27. The predicted octanol–water partition coefficient (Wildman–Crippen LogP) is 4.16. The van der Waals surface area contributed by atoms with Crippen LogP contribution in [0, 0.1) is 5.92 Å². The van der Waals surface area contributed by atoms with Crippen molar-refractivity contribution >= 4 is 33.4 Å². The van der Waals surface area contributed by atoms with E-state index in [9.17, 15) is 18.0 Å². The Morgan fingerprint density at radius 2 is 1.76 bits per heavy atom. The molecule has 0 bridgehead atoms. The van der Waals surface area contributed by atoms with E-state index in [0.717, 1.165) is 18.7 Å². The van der Waals surface area contributed by atoms with E-state index in [4.69, 9.17) is 16.3 Å². The molecule has 8 nitrogen and oxygen atoms in total. The van der Waals surface area contributed by atoms with E-state index < -0.39 is 10.0 Å². The highest BCUT2D eigenvalue weighted by Gasteiger charge is 2.33. The molecule has 0 radical (unpaired) electrons. The first-order valence-electron chi connectivity index (χ1n) is 13.2. The quantitative estimate of drug-likeness (QED) is 0.289. The molecule has 3 rings (SSSR count). The summed E-state index contributed by atoms with van der Waals surface area (Å²) in [4.78, 5) is 27.4. The molecule has 208 valence electrons. The van der Waals surface area contributed by atoms with E-state index in [1.807, 2.05) is 24.3 Å². The molecular weight excluding hydrogens is 526 g/mol. The number of esters is 1. The number of sulfonamides is 1. The molecule has 0 amide bonds. The number of rotatable bonds is 13. The van der Waals surface area contributed by atoms with Gasteiger partial charge in [-0.05, 0) is 56.6 Å². The van der Waals surface area contributed by atoms with Crippen LogP contribution in [0.5, 0.6) is 0 Å². The topological polar surface area (TPSA) is 96.0 Å². The van der Waals surface area contributed by atoms with Crippen molar-refractivity contribution in [2.45, 2.75) is 44.6 Å². The van der Waals surface area contributed by atoms with Crippen LogP contribution in [-0.2, 0) is 19.6 Å². The Labute approximate surface area is 231 Å². The number of Topliss-reactive ketones (excluding diaryl/α,β-unsaturated/α-hetero) is 1. The van der Waals surface area contributed by atoms with Gasteiger partial charge < -0.3 is 10.1 Å². The Morgan fingerprint density at radius 3 is 2.39 bits per heavy atom. The summed E-state index contributed by atoms with van der Waals surface area (Å²) in [5, 5.41) is 3.93. The van der Waals surface area contributed by atoms with E-state index in [1.165, 1.54) is 16.4 Å². The maximum absolute atomic E-state index is 13.3. The summed E-state index contributed by atoms with van der Waals surface area (Å²) in [5.74, 6) is -0.755. The molecule has 1 saturated heterocycles. The van der Waals surface area contributed by atoms with Gasteiger partial charge >= 0.3 is 5.97 Å². The van der Waals surface area contributed by atoms with Crippen LogP contribution in [0.2, 0.25) is 5.02 Å². The van der Waals surface area contributed by atoms with Gasteiger partial charge in [0.1, 0.15) is 0 Å². The van der Waals surface area contributed by atoms with Gasteiger partial charge in [-0.2, -0.15) is 4.31 Å². The molecule has 1 fully saturated rings. The van der Waals surface area contributed by atoms with Crippen LogP contribution >= 0.6 is 11.6 Å². The molecule has 1 aliphatic heterocycles.